The van der Waals surface area contributed by atoms with Crippen LogP contribution in [0.2, 0.25) is 0 Å². The van der Waals surface area contributed by atoms with Crippen molar-refractivity contribution in [2.75, 3.05) is 31.6 Å². The number of aromatic nitrogens is 1. The number of hydrogen-bond acceptors (Lipinski definition) is 4. The maximum Gasteiger partial charge on any atom is 0.142 e. The van der Waals surface area contributed by atoms with Crippen LogP contribution in [0, 0.1) is 17.2 Å². The smallest absolute Gasteiger partial charge is 0.142 e. The Morgan fingerprint density at radius 1 is 1.50 bits per heavy atom. The van der Waals surface area contributed by atoms with Crippen molar-refractivity contribution >= 4 is 5.69 Å². The molecule has 0 aliphatic carbocycles. The molecule has 18 heavy (non-hydrogen) atoms. The topological polar surface area (TPSA) is 52.0 Å². The second kappa shape index (κ2) is 6.36. The molecule has 4 nitrogen and oxygen atoms in total. The Kier molecular flexibility index (Phi) is 4.54. The first-order valence-electron chi connectivity index (χ1n) is 6.57. The van der Waals surface area contributed by atoms with Crippen molar-refractivity contribution < 1.29 is 0 Å². The highest BCUT2D eigenvalue weighted by Gasteiger charge is 2.13. The van der Waals surface area contributed by atoms with Crippen LogP contribution in [0.25, 0.3) is 0 Å². The van der Waals surface area contributed by atoms with Crippen molar-refractivity contribution in [2.24, 2.45) is 5.92 Å². The van der Waals surface area contributed by atoms with Gasteiger partial charge in [0.2, 0.25) is 0 Å². The number of nitrogens with zero attached hydrogens (tertiary/aromatic N) is 3. The summed E-state index contributed by atoms with van der Waals surface area (Å²) in [6.07, 6.45) is 5.50. The highest BCUT2D eigenvalue weighted by Crippen LogP contribution is 2.19. The lowest BCUT2D eigenvalue weighted by atomic mass is 9.94. The van der Waals surface area contributed by atoms with Crippen molar-refractivity contribution in [1.82, 2.24) is 10.3 Å². The van der Waals surface area contributed by atoms with Crippen LogP contribution in [0.15, 0.2) is 18.3 Å². The Morgan fingerprint density at radius 2 is 2.28 bits per heavy atom. The first-order chi connectivity index (χ1) is 8.79. The molecule has 1 aromatic rings. The second-order valence-corrected chi connectivity index (χ2v) is 4.91. The van der Waals surface area contributed by atoms with E-state index in [2.05, 4.69) is 28.3 Å². The molecule has 4 heteroatoms. The SMILES string of the molecule is CN(CCC1CCNCC1)c1ccnc(C#N)c1. The molecule has 0 saturated carbocycles. The molecular weight excluding hydrogens is 224 g/mol. The van der Waals surface area contributed by atoms with Crippen molar-refractivity contribution in [3.8, 4) is 6.07 Å². The van der Waals surface area contributed by atoms with Crippen molar-refractivity contribution in [3.63, 3.8) is 0 Å². The van der Waals surface area contributed by atoms with Gasteiger partial charge in [-0.05, 0) is 50.4 Å². The van der Waals surface area contributed by atoms with Gasteiger partial charge in [-0.25, -0.2) is 4.98 Å². The predicted octanol–water partition coefficient (Wildman–Crippen LogP) is 1.78. The largest absolute Gasteiger partial charge is 0.374 e. The van der Waals surface area contributed by atoms with Gasteiger partial charge in [-0.2, -0.15) is 5.26 Å². The fourth-order valence-electron chi connectivity index (χ4n) is 2.39. The molecule has 1 aromatic heterocycles. The van der Waals surface area contributed by atoms with Crippen molar-refractivity contribution in [2.45, 2.75) is 19.3 Å². The van der Waals surface area contributed by atoms with Gasteiger partial charge in [-0.15, -0.1) is 0 Å². The van der Waals surface area contributed by atoms with Gasteiger partial charge in [-0.1, -0.05) is 0 Å². The summed E-state index contributed by atoms with van der Waals surface area (Å²) in [4.78, 5) is 6.21. The molecule has 1 aliphatic rings. The number of hydrogen-bond donors (Lipinski definition) is 1. The van der Waals surface area contributed by atoms with Crippen molar-refractivity contribution in [1.29, 1.82) is 5.26 Å². The van der Waals surface area contributed by atoms with E-state index in [1.54, 1.807) is 6.20 Å². The predicted molar refractivity (Wildman–Crippen MR) is 72.4 cm³/mol. The number of nitriles is 1. The van der Waals surface area contributed by atoms with E-state index in [1.165, 1.54) is 19.3 Å². The molecule has 1 N–H and O–H groups in total. The van der Waals surface area contributed by atoms with E-state index in [1.807, 2.05) is 12.1 Å². The molecule has 0 bridgehead atoms. The number of pyridine rings is 1. The molecule has 0 atom stereocenters. The van der Waals surface area contributed by atoms with Crippen LogP contribution in [0.3, 0.4) is 0 Å². The van der Waals surface area contributed by atoms with E-state index in [9.17, 15) is 0 Å². The molecule has 1 aliphatic heterocycles. The van der Waals surface area contributed by atoms with Gasteiger partial charge in [0, 0.05) is 25.5 Å². The fraction of sp³-hybridized carbons (Fsp3) is 0.571. The summed E-state index contributed by atoms with van der Waals surface area (Å²) in [5, 5.41) is 12.2. The summed E-state index contributed by atoms with van der Waals surface area (Å²) in [5.41, 5.74) is 1.57. The number of nitrogens with one attached hydrogen (secondary N) is 1. The molecular formula is C14H20N4. The zero-order valence-corrected chi connectivity index (χ0v) is 10.9. The van der Waals surface area contributed by atoms with Crippen LogP contribution in [0.1, 0.15) is 25.0 Å². The molecule has 1 fully saturated rings. The average molecular weight is 244 g/mol. The summed E-state index contributed by atoms with van der Waals surface area (Å²) in [5.74, 6) is 0.839. The number of anilines is 1. The number of rotatable bonds is 4. The lowest BCUT2D eigenvalue weighted by molar-refractivity contribution is 0.356. The summed E-state index contributed by atoms with van der Waals surface area (Å²) < 4.78 is 0. The van der Waals surface area contributed by atoms with Crippen LogP contribution in [-0.4, -0.2) is 31.7 Å². The van der Waals surface area contributed by atoms with E-state index < -0.39 is 0 Å². The van der Waals surface area contributed by atoms with E-state index >= 15 is 0 Å². The summed E-state index contributed by atoms with van der Waals surface area (Å²) in [6, 6.07) is 5.89. The molecule has 1 saturated heterocycles. The average Bonchev–Trinajstić information content (AvgIpc) is 2.46. The van der Waals surface area contributed by atoms with Gasteiger partial charge in [0.1, 0.15) is 11.8 Å². The Hall–Kier alpha value is -1.60. The lowest BCUT2D eigenvalue weighted by Crippen LogP contribution is -2.30. The number of piperidine rings is 1. The highest BCUT2D eigenvalue weighted by molar-refractivity contribution is 5.47. The molecule has 96 valence electrons. The minimum Gasteiger partial charge on any atom is -0.374 e. The monoisotopic (exact) mass is 244 g/mol. The standard InChI is InChI=1S/C14H20N4/c1-18(9-5-12-2-6-16-7-3-12)14-4-8-17-13(10-14)11-15/h4,8,10,12,16H,2-3,5-7,9H2,1H3. The van der Waals surface area contributed by atoms with Crippen LogP contribution in [0.4, 0.5) is 5.69 Å². The molecule has 2 heterocycles. The van der Waals surface area contributed by atoms with Crippen LogP contribution >= 0.6 is 0 Å². The third kappa shape index (κ3) is 3.44. The van der Waals surface area contributed by atoms with E-state index in [0.717, 1.165) is 31.2 Å². The summed E-state index contributed by atoms with van der Waals surface area (Å²) in [7, 11) is 2.08. The Balaban J connectivity index is 1.86. The third-order valence-corrected chi connectivity index (χ3v) is 3.63. The minimum absolute atomic E-state index is 0.487. The Bertz CT molecular complexity index is 418. The zero-order valence-electron chi connectivity index (χ0n) is 10.9. The zero-order chi connectivity index (χ0) is 12.8. The maximum atomic E-state index is 8.84. The fourth-order valence-corrected chi connectivity index (χ4v) is 2.39. The van der Waals surface area contributed by atoms with Gasteiger partial charge in [0.15, 0.2) is 0 Å². The van der Waals surface area contributed by atoms with Crippen molar-refractivity contribution in [3.05, 3.63) is 24.0 Å². The Morgan fingerprint density at radius 3 is 3.00 bits per heavy atom. The van der Waals surface area contributed by atoms with E-state index in [-0.39, 0.29) is 0 Å². The quantitative estimate of drug-likeness (QED) is 0.877. The van der Waals surface area contributed by atoms with Crippen LogP contribution in [0.5, 0.6) is 0 Å². The first-order valence-corrected chi connectivity index (χ1v) is 6.57. The molecule has 0 aromatic carbocycles. The highest BCUT2D eigenvalue weighted by atomic mass is 15.1. The molecule has 2 rings (SSSR count). The van der Waals surface area contributed by atoms with Gasteiger partial charge < -0.3 is 10.2 Å². The molecule has 0 amide bonds. The lowest BCUT2D eigenvalue weighted by Gasteiger charge is -2.26. The maximum absolute atomic E-state index is 8.84. The van der Waals surface area contributed by atoms with Gasteiger partial charge >= 0.3 is 0 Å². The van der Waals surface area contributed by atoms with Gasteiger partial charge in [0.05, 0.1) is 0 Å². The van der Waals surface area contributed by atoms with Gasteiger partial charge in [-0.3, -0.25) is 0 Å². The molecule has 0 radical (unpaired) electrons. The van der Waals surface area contributed by atoms with Gasteiger partial charge in [0.25, 0.3) is 0 Å². The first kappa shape index (κ1) is 12.8. The summed E-state index contributed by atoms with van der Waals surface area (Å²) >= 11 is 0. The van der Waals surface area contributed by atoms with Crippen LogP contribution in [-0.2, 0) is 0 Å². The Labute approximate surface area is 109 Å². The second-order valence-electron chi connectivity index (χ2n) is 4.91. The molecule has 0 unspecified atom stereocenters. The third-order valence-electron chi connectivity index (χ3n) is 3.63. The summed E-state index contributed by atoms with van der Waals surface area (Å²) in [6.45, 7) is 3.35. The normalized spacial score (nSPS) is 16.2. The van der Waals surface area contributed by atoms with Crippen LogP contribution < -0.4 is 10.2 Å². The van der Waals surface area contributed by atoms with E-state index in [0.29, 0.717) is 5.69 Å². The minimum atomic E-state index is 0.487. The van der Waals surface area contributed by atoms with E-state index in [4.69, 9.17) is 5.26 Å². The molecule has 0 spiro atoms.